The summed E-state index contributed by atoms with van der Waals surface area (Å²) < 4.78 is 30.4. The average molecular weight is 1130 g/mol. The lowest BCUT2D eigenvalue weighted by molar-refractivity contribution is -0.870. The Bertz CT molecular complexity index is 1630. The summed E-state index contributed by atoms with van der Waals surface area (Å²) >= 11 is 0. The molecule has 0 rings (SSSR count). The quantitative estimate of drug-likeness (QED) is 0.0212. The number of nitrogens with one attached hydrogen (secondary N) is 1. The highest BCUT2D eigenvalue weighted by molar-refractivity contribution is 7.45. The van der Waals surface area contributed by atoms with Crippen LogP contribution in [0.4, 0.5) is 0 Å². The highest BCUT2D eigenvalue weighted by Crippen LogP contribution is 2.38. The summed E-state index contributed by atoms with van der Waals surface area (Å²) in [6, 6.07) is -0.902. The molecule has 0 aliphatic carbocycles. The summed E-state index contributed by atoms with van der Waals surface area (Å²) in [5, 5.41) is 3.03. The minimum absolute atomic E-state index is 0.0288. The predicted octanol–water partition coefficient (Wildman–Crippen LogP) is 19.9. The van der Waals surface area contributed by atoms with E-state index in [1.165, 1.54) is 141 Å². The molecule has 0 radical (unpaired) electrons. The molecule has 0 bridgehead atoms. The normalized spacial score (nSPS) is 14.2. The first-order valence-electron chi connectivity index (χ1n) is 32.9. The molecule has 1 amide bonds. The molecular weight excluding hydrogens is 1000 g/mol. The second-order valence-corrected chi connectivity index (χ2v) is 24.6. The van der Waals surface area contributed by atoms with Crippen LogP contribution in [0.3, 0.4) is 0 Å². The van der Waals surface area contributed by atoms with Gasteiger partial charge in [-0.2, -0.15) is 0 Å². The second-order valence-electron chi connectivity index (χ2n) is 23.2. The summed E-state index contributed by atoms with van der Waals surface area (Å²) in [6.07, 6.45) is 76.9. The summed E-state index contributed by atoms with van der Waals surface area (Å²) in [5.41, 5.74) is 0. The van der Waals surface area contributed by atoms with Crippen LogP contribution in [0.2, 0.25) is 0 Å². The standard InChI is InChI=1S/C69H125N2O7P/c1-7-10-13-16-19-22-25-28-30-32-34-35-37-39-41-44-47-50-53-56-59-62-69(73)78-67(60-57-54-51-48-45-42-27-24-21-18-15-12-9-3)66(65-77-79(74,75)76-64-63-71(4,5)6)70-68(72)61-58-55-52-49-46-43-40-38-36-33-31-29-26-23-20-17-14-11-8-2/h10,13,19,22,28-31,34-35,39,41,57,60,66-67H,7-9,11-12,14-18,20-21,23-27,32-33,36-38,40,42-56,58-59,61-65H2,1-6H3,(H-,70,72,74,75)/b13-10-,22-19-,30-28-,31-29+,35-34-,41-39-,60-57+. The third kappa shape index (κ3) is 59.6. The third-order valence-corrected chi connectivity index (χ3v) is 15.3. The average Bonchev–Trinajstić information content (AvgIpc) is 3.41. The molecule has 0 heterocycles. The van der Waals surface area contributed by atoms with Gasteiger partial charge in [-0.15, -0.1) is 0 Å². The monoisotopic (exact) mass is 1120 g/mol. The highest BCUT2D eigenvalue weighted by atomic mass is 31.2. The van der Waals surface area contributed by atoms with Crippen LogP contribution in [-0.4, -0.2) is 69.4 Å². The van der Waals surface area contributed by atoms with Gasteiger partial charge in [0.2, 0.25) is 5.91 Å². The minimum atomic E-state index is -4.71. The zero-order chi connectivity index (χ0) is 57.9. The Kier molecular flexibility index (Phi) is 56.3. The van der Waals surface area contributed by atoms with Crippen molar-refractivity contribution in [2.24, 2.45) is 0 Å². The van der Waals surface area contributed by atoms with E-state index in [0.717, 1.165) is 109 Å². The fourth-order valence-electron chi connectivity index (χ4n) is 9.25. The summed E-state index contributed by atoms with van der Waals surface area (Å²) in [5.74, 6) is -0.562. The molecule has 79 heavy (non-hydrogen) atoms. The Labute approximate surface area is 488 Å². The molecule has 9 nitrogen and oxygen atoms in total. The molecular formula is C69H125N2O7P. The van der Waals surface area contributed by atoms with E-state index < -0.39 is 26.6 Å². The van der Waals surface area contributed by atoms with Crippen molar-refractivity contribution in [3.63, 3.8) is 0 Å². The largest absolute Gasteiger partial charge is 0.756 e. The van der Waals surface area contributed by atoms with Gasteiger partial charge in [0, 0.05) is 12.8 Å². The number of ether oxygens (including phenoxy) is 1. The Balaban J connectivity index is 5.27. The SMILES string of the molecule is CC/C=C\C/C=C\C/C=C\C/C=C\C/C=C\CCCCCCCC(=O)OC(/C=C/CCCCCCCCCCCCC)C(COP(=O)([O-])OCC[N+](C)(C)C)NC(=O)CCCCCCCCCCC/C=C/CCCCCCCC. The number of nitrogens with zero attached hydrogens (tertiary/aromatic N) is 1. The molecule has 0 aliphatic heterocycles. The van der Waals surface area contributed by atoms with Crippen molar-refractivity contribution >= 4 is 19.7 Å². The topological polar surface area (TPSA) is 114 Å². The van der Waals surface area contributed by atoms with Crippen LogP contribution in [0.1, 0.15) is 290 Å². The van der Waals surface area contributed by atoms with Crippen molar-refractivity contribution in [1.82, 2.24) is 5.32 Å². The molecule has 0 aromatic rings. The number of hydrogen-bond donors (Lipinski definition) is 1. The van der Waals surface area contributed by atoms with Gasteiger partial charge < -0.3 is 28.5 Å². The third-order valence-electron chi connectivity index (χ3n) is 14.3. The van der Waals surface area contributed by atoms with Gasteiger partial charge in [-0.25, -0.2) is 0 Å². The molecule has 3 unspecified atom stereocenters. The fraction of sp³-hybridized carbons (Fsp3) is 0.768. The van der Waals surface area contributed by atoms with Gasteiger partial charge in [0.05, 0.1) is 33.8 Å². The molecule has 1 N–H and O–H groups in total. The van der Waals surface area contributed by atoms with Crippen molar-refractivity contribution in [1.29, 1.82) is 0 Å². The van der Waals surface area contributed by atoms with Crippen molar-refractivity contribution in [2.45, 2.75) is 303 Å². The molecule has 458 valence electrons. The van der Waals surface area contributed by atoms with Gasteiger partial charge in [-0.1, -0.05) is 260 Å². The molecule has 0 aromatic heterocycles. The summed E-state index contributed by atoms with van der Waals surface area (Å²) in [7, 11) is 1.17. The lowest BCUT2D eigenvalue weighted by Crippen LogP contribution is -2.47. The molecule has 0 aliphatic rings. The molecule has 0 spiro atoms. The lowest BCUT2D eigenvalue weighted by Gasteiger charge is -2.30. The van der Waals surface area contributed by atoms with Crippen molar-refractivity contribution in [2.75, 3.05) is 40.9 Å². The minimum Gasteiger partial charge on any atom is -0.756 e. The Morgan fingerprint density at radius 3 is 1.23 bits per heavy atom. The number of carbonyl (C=O) groups excluding carboxylic acids is 2. The van der Waals surface area contributed by atoms with E-state index >= 15 is 0 Å². The van der Waals surface area contributed by atoms with E-state index in [0.29, 0.717) is 23.9 Å². The first kappa shape index (κ1) is 76.2. The predicted molar refractivity (Wildman–Crippen MR) is 339 cm³/mol. The highest BCUT2D eigenvalue weighted by Gasteiger charge is 2.27. The Morgan fingerprint density at radius 2 is 0.810 bits per heavy atom. The van der Waals surface area contributed by atoms with Crippen LogP contribution >= 0.6 is 7.82 Å². The molecule has 0 saturated heterocycles. The molecule has 0 fully saturated rings. The maximum atomic E-state index is 13.6. The number of unbranched alkanes of at least 4 members (excludes halogenated alkanes) is 31. The smallest absolute Gasteiger partial charge is 0.306 e. The van der Waals surface area contributed by atoms with Crippen LogP contribution in [0.5, 0.6) is 0 Å². The van der Waals surface area contributed by atoms with Crippen molar-refractivity contribution in [3.8, 4) is 0 Å². The number of phosphoric ester groups is 1. The van der Waals surface area contributed by atoms with E-state index in [4.69, 9.17) is 13.8 Å². The number of esters is 1. The number of amides is 1. The van der Waals surface area contributed by atoms with Crippen LogP contribution in [-0.2, 0) is 27.9 Å². The second kappa shape index (κ2) is 58.4. The number of likely N-dealkylation sites (N-methyl/N-ethyl adjacent to an activating group) is 1. The first-order chi connectivity index (χ1) is 38.4. The van der Waals surface area contributed by atoms with Crippen LogP contribution in [0.15, 0.2) is 85.1 Å². The number of allylic oxidation sites excluding steroid dienone is 13. The van der Waals surface area contributed by atoms with E-state index in [2.05, 4.69) is 99.0 Å². The number of quaternary nitrogens is 1. The van der Waals surface area contributed by atoms with Gasteiger partial charge in [0.1, 0.15) is 19.3 Å². The van der Waals surface area contributed by atoms with Crippen LogP contribution < -0.4 is 10.2 Å². The lowest BCUT2D eigenvalue weighted by atomic mass is 10.0. The van der Waals surface area contributed by atoms with Gasteiger partial charge in [0.25, 0.3) is 7.82 Å². The van der Waals surface area contributed by atoms with Crippen molar-refractivity contribution in [3.05, 3.63) is 85.1 Å². The Morgan fingerprint density at radius 1 is 0.456 bits per heavy atom. The van der Waals surface area contributed by atoms with E-state index in [1.807, 2.05) is 33.3 Å². The zero-order valence-corrected chi connectivity index (χ0v) is 53.2. The molecule has 10 heteroatoms. The van der Waals surface area contributed by atoms with E-state index in [9.17, 15) is 19.0 Å². The summed E-state index contributed by atoms with van der Waals surface area (Å²) in [4.78, 5) is 40.1. The van der Waals surface area contributed by atoms with Crippen LogP contribution in [0.25, 0.3) is 0 Å². The molecule has 0 aromatic carbocycles. The van der Waals surface area contributed by atoms with E-state index in [-0.39, 0.29) is 24.9 Å². The zero-order valence-electron chi connectivity index (χ0n) is 52.3. The molecule has 3 atom stereocenters. The van der Waals surface area contributed by atoms with Crippen molar-refractivity contribution < 1.29 is 37.3 Å². The number of rotatable bonds is 59. The summed E-state index contributed by atoms with van der Waals surface area (Å²) in [6.45, 7) is 6.73. The van der Waals surface area contributed by atoms with Gasteiger partial charge in [0.15, 0.2) is 0 Å². The molecule has 0 saturated carbocycles. The van der Waals surface area contributed by atoms with Gasteiger partial charge >= 0.3 is 5.97 Å². The fourth-order valence-corrected chi connectivity index (χ4v) is 9.97. The number of phosphoric acid groups is 1. The maximum Gasteiger partial charge on any atom is 0.306 e. The maximum absolute atomic E-state index is 13.6. The number of carbonyl (C=O) groups is 2. The Hall–Kier alpha value is -2.81. The first-order valence-corrected chi connectivity index (χ1v) is 34.4. The van der Waals surface area contributed by atoms with Gasteiger partial charge in [-0.05, 0) is 102 Å². The van der Waals surface area contributed by atoms with Gasteiger partial charge in [-0.3, -0.25) is 14.2 Å². The number of hydrogen-bond acceptors (Lipinski definition) is 7. The van der Waals surface area contributed by atoms with E-state index in [1.54, 1.807) is 0 Å². The van der Waals surface area contributed by atoms with Crippen LogP contribution in [0, 0.1) is 0 Å².